The highest BCUT2D eigenvalue weighted by molar-refractivity contribution is 6.30. The van der Waals surface area contributed by atoms with Gasteiger partial charge in [-0.25, -0.2) is 4.68 Å². The van der Waals surface area contributed by atoms with E-state index in [1.807, 2.05) is 36.1 Å². The van der Waals surface area contributed by atoms with Gasteiger partial charge in [0, 0.05) is 30.4 Å². The van der Waals surface area contributed by atoms with Gasteiger partial charge in [-0.05, 0) is 50.5 Å². The summed E-state index contributed by atoms with van der Waals surface area (Å²) in [5.41, 5.74) is 8.08. The predicted octanol–water partition coefficient (Wildman–Crippen LogP) is 3.21. The molecule has 3 rings (SSSR count). The molecule has 0 bridgehead atoms. The Morgan fingerprint density at radius 3 is 2.71 bits per heavy atom. The number of nitrogens with zero attached hydrogens (tertiary/aromatic N) is 3. The zero-order valence-corrected chi connectivity index (χ0v) is 15.2. The van der Waals surface area contributed by atoms with E-state index in [4.69, 9.17) is 17.3 Å². The summed E-state index contributed by atoms with van der Waals surface area (Å²) in [5.74, 6) is 0.0258. The van der Waals surface area contributed by atoms with Crippen molar-refractivity contribution in [3.8, 4) is 5.69 Å². The average molecular weight is 369 g/mol. The molecule has 0 aliphatic carbocycles. The van der Waals surface area contributed by atoms with Crippen LogP contribution in [0.1, 0.15) is 35.3 Å². The van der Waals surface area contributed by atoms with Crippen LogP contribution in [0.2, 0.25) is 5.02 Å². The Hall–Kier alpha value is -1.56. The molecule has 0 spiro atoms. The molecule has 1 saturated heterocycles. The standard InChI is InChI=1S/C17H21ClN4O.ClH/c1-12-16(17(23)21-9-3-2-4-15(21)10-19)11-22(20-12)14-7-5-13(18)6-8-14;/h5-8,11,15H,2-4,9-10,19H2,1H3;1H. The number of halogens is 2. The summed E-state index contributed by atoms with van der Waals surface area (Å²) in [6.45, 7) is 3.14. The Morgan fingerprint density at radius 1 is 1.33 bits per heavy atom. The van der Waals surface area contributed by atoms with Crippen molar-refractivity contribution >= 4 is 29.9 Å². The van der Waals surface area contributed by atoms with Crippen LogP contribution >= 0.6 is 24.0 Å². The number of nitrogens with two attached hydrogens (primary N) is 1. The monoisotopic (exact) mass is 368 g/mol. The molecule has 2 N–H and O–H groups in total. The van der Waals surface area contributed by atoms with Crippen molar-refractivity contribution in [3.05, 3.63) is 46.7 Å². The average Bonchev–Trinajstić information content (AvgIpc) is 2.96. The highest BCUT2D eigenvalue weighted by atomic mass is 35.5. The van der Waals surface area contributed by atoms with Crippen molar-refractivity contribution in [2.45, 2.75) is 32.2 Å². The number of likely N-dealkylation sites (tertiary alicyclic amines) is 1. The van der Waals surface area contributed by atoms with Crippen molar-refractivity contribution in [2.75, 3.05) is 13.1 Å². The molecule has 0 radical (unpaired) electrons. The highest BCUT2D eigenvalue weighted by Crippen LogP contribution is 2.21. The van der Waals surface area contributed by atoms with Crippen molar-refractivity contribution < 1.29 is 4.79 Å². The van der Waals surface area contributed by atoms with Gasteiger partial charge in [0.2, 0.25) is 0 Å². The Labute approximate surface area is 153 Å². The van der Waals surface area contributed by atoms with Gasteiger partial charge in [0.1, 0.15) is 0 Å². The molecule has 1 fully saturated rings. The molecule has 1 aliphatic heterocycles. The van der Waals surface area contributed by atoms with Crippen LogP contribution in [0.3, 0.4) is 0 Å². The lowest BCUT2D eigenvalue weighted by atomic mass is 10.0. The predicted molar refractivity (Wildman–Crippen MR) is 98.3 cm³/mol. The van der Waals surface area contributed by atoms with Gasteiger partial charge in [0.05, 0.1) is 16.9 Å². The molecule has 1 amide bonds. The molecule has 5 nitrogen and oxygen atoms in total. The van der Waals surface area contributed by atoms with E-state index in [9.17, 15) is 4.79 Å². The number of benzene rings is 1. The summed E-state index contributed by atoms with van der Waals surface area (Å²) in [5, 5.41) is 5.15. The lowest BCUT2D eigenvalue weighted by molar-refractivity contribution is 0.0622. The number of carbonyl (C=O) groups excluding carboxylic acids is 1. The second-order valence-corrected chi connectivity index (χ2v) is 6.37. The number of rotatable bonds is 3. The van der Waals surface area contributed by atoms with Crippen molar-refractivity contribution in [1.29, 1.82) is 0 Å². The molecule has 2 aromatic rings. The van der Waals surface area contributed by atoms with Crippen LogP contribution in [-0.2, 0) is 0 Å². The number of carbonyl (C=O) groups is 1. The lowest BCUT2D eigenvalue weighted by Crippen LogP contribution is -2.47. The highest BCUT2D eigenvalue weighted by Gasteiger charge is 2.28. The summed E-state index contributed by atoms with van der Waals surface area (Å²) < 4.78 is 1.72. The molecular formula is C17H22Cl2N4O. The molecule has 24 heavy (non-hydrogen) atoms. The van der Waals surface area contributed by atoms with Gasteiger partial charge >= 0.3 is 0 Å². The van der Waals surface area contributed by atoms with E-state index in [1.165, 1.54) is 0 Å². The van der Waals surface area contributed by atoms with Gasteiger partial charge in [-0.15, -0.1) is 12.4 Å². The van der Waals surface area contributed by atoms with E-state index in [2.05, 4.69) is 5.10 Å². The first-order valence-electron chi connectivity index (χ1n) is 7.93. The van der Waals surface area contributed by atoms with E-state index < -0.39 is 0 Å². The maximum absolute atomic E-state index is 12.9. The van der Waals surface area contributed by atoms with Crippen molar-refractivity contribution in [1.82, 2.24) is 14.7 Å². The summed E-state index contributed by atoms with van der Waals surface area (Å²) >= 11 is 5.92. The van der Waals surface area contributed by atoms with Crippen LogP contribution in [0.15, 0.2) is 30.5 Å². The maximum Gasteiger partial charge on any atom is 0.257 e. The molecule has 1 atom stereocenters. The van der Waals surface area contributed by atoms with E-state index >= 15 is 0 Å². The Bertz CT molecular complexity index is 699. The Morgan fingerprint density at radius 2 is 2.04 bits per heavy atom. The third-order valence-corrected chi connectivity index (χ3v) is 4.63. The van der Waals surface area contributed by atoms with E-state index in [0.717, 1.165) is 37.2 Å². The number of hydrogen-bond donors (Lipinski definition) is 1. The quantitative estimate of drug-likeness (QED) is 0.904. The fraction of sp³-hybridized carbons (Fsp3) is 0.412. The second kappa shape index (κ2) is 8.01. The summed E-state index contributed by atoms with van der Waals surface area (Å²) in [4.78, 5) is 14.8. The van der Waals surface area contributed by atoms with Crippen molar-refractivity contribution in [3.63, 3.8) is 0 Å². The SMILES string of the molecule is Cc1nn(-c2ccc(Cl)cc2)cc1C(=O)N1CCCCC1CN.Cl. The van der Waals surface area contributed by atoms with E-state index in [0.29, 0.717) is 17.1 Å². The molecule has 1 aromatic heterocycles. The number of piperidine rings is 1. The minimum atomic E-state index is 0. The summed E-state index contributed by atoms with van der Waals surface area (Å²) in [6.07, 6.45) is 4.94. The number of aromatic nitrogens is 2. The Balaban J connectivity index is 0.00000208. The smallest absolute Gasteiger partial charge is 0.257 e. The molecule has 1 aliphatic rings. The molecule has 0 saturated carbocycles. The first-order chi connectivity index (χ1) is 11.1. The van der Waals surface area contributed by atoms with Crippen LogP contribution in [0.25, 0.3) is 5.69 Å². The zero-order chi connectivity index (χ0) is 16.4. The molecule has 1 aromatic carbocycles. The van der Waals surface area contributed by atoms with Gasteiger partial charge < -0.3 is 10.6 Å². The first kappa shape index (κ1) is 18.8. The third kappa shape index (κ3) is 3.74. The van der Waals surface area contributed by atoms with Crippen LogP contribution in [0, 0.1) is 6.92 Å². The normalized spacial score (nSPS) is 17.5. The lowest BCUT2D eigenvalue weighted by Gasteiger charge is -2.34. The van der Waals surface area contributed by atoms with Crippen LogP contribution in [0.5, 0.6) is 0 Å². The molecule has 2 heterocycles. The third-order valence-electron chi connectivity index (χ3n) is 4.38. The molecular weight excluding hydrogens is 347 g/mol. The minimum absolute atomic E-state index is 0. The maximum atomic E-state index is 12.9. The fourth-order valence-electron chi connectivity index (χ4n) is 3.06. The number of hydrogen-bond acceptors (Lipinski definition) is 3. The molecule has 130 valence electrons. The van der Waals surface area contributed by atoms with Gasteiger partial charge in [0.25, 0.3) is 5.91 Å². The van der Waals surface area contributed by atoms with Crippen LogP contribution in [-0.4, -0.2) is 39.7 Å². The minimum Gasteiger partial charge on any atom is -0.334 e. The van der Waals surface area contributed by atoms with E-state index in [-0.39, 0.29) is 24.4 Å². The largest absolute Gasteiger partial charge is 0.334 e. The van der Waals surface area contributed by atoms with Gasteiger partial charge in [0.15, 0.2) is 0 Å². The van der Waals surface area contributed by atoms with E-state index in [1.54, 1.807) is 10.9 Å². The second-order valence-electron chi connectivity index (χ2n) is 5.93. The van der Waals surface area contributed by atoms with Gasteiger partial charge in [-0.2, -0.15) is 5.10 Å². The van der Waals surface area contributed by atoms with Crippen LogP contribution < -0.4 is 5.73 Å². The van der Waals surface area contributed by atoms with Gasteiger partial charge in [-0.3, -0.25) is 4.79 Å². The fourth-order valence-corrected chi connectivity index (χ4v) is 3.19. The topological polar surface area (TPSA) is 64.2 Å². The number of aryl methyl sites for hydroxylation is 1. The zero-order valence-electron chi connectivity index (χ0n) is 13.6. The summed E-state index contributed by atoms with van der Waals surface area (Å²) in [6, 6.07) is 7.52. The first-order valence-corrected chi connectivity index (χ1v) is 8.31. The van der Waals surface area contributed by atoms with Crippen LogP contribution in [0.4, 0.5) is 0 Å². The molecule has 1 unspecified atom stereocenters. The molecule has 7 heteroatoms. The van der Waals surface area contributed by atoms with Crippen molar-refractivity contribution in [2.24, 2.45) is 5.73 Å². The Kier molecular flexibility index (Phi) is 6.27. The van der Waals surface area contributed by atoms with Gasteiger partial charge in [-0.1, -0.05) is 11.6 Å². The summed E-state index contributed by atoms with van der Waals surface area (Å²) in [7, 11) is 0. The number of amides is 1.